The van der Waals surface area contributed by atoms with Crippen molar-refractivity contribution in [3.05, 3.63) is 29.6 Å². The van der Waals surface area contributed by atoms with Crippen LogP contribution in [0.2, 0.25) is 0 Å². The molecular weight excluding hydrogens is 208 g/mol. The van der Waals surface area contributed by atoms with E-state index in [0.29, 0.717) is 5.92 Å². The van der Waals surface area contributed by atoms with E-state index < -0.39 is 0 Å². The number of rotatable bonds is 5. The van der Waals surface area contributed by atoms with Gasteiger partial charge in [0.15, 0.2) is 0 Å². The van der Waals surface area contributed by atoms with Gasteiger partial charge in [-0.25, -0.2) is 4.98 Å². The Morgan fingerprint density at radius 1 is 1.29 bits per heavy atom. The first kappa shape index (κ1) is 12.2. The summed E-state index contributed by atoms with van der Waals surface area (Å²) in [6, 6.07) is 6.31. The third-order valence-corrected chi connectivity index (χ3v) is 3.53. The van der Waals surface area contributed by atoms with Gasteiger partial charge in [-0.2, -0.15) is 0 Å². The van der Waals surface area contributed by atoms with Gasteiger partial charge in [0, 0.05) is 5.92 Å². The van der Waals surface area contributed by atoms with Crippen LogP contribution in [0.25, 0.3) is 11.0 Å². The van der Waals surface area contributed by atoms with Gasteiger partial charge < -0.3 is 4.98 Å². The molecular formula is C15H22N2. The predicted octanol–water partition coefficient (Wildman–Crippen LogP) is 4.56. The highest BCUT2D eigenvalue weighted by molar-refractivity contribution is 5.78. The zero-order valence-electron chi connectivity index (χ0n) is 11.1. The van der Waals surface area contributed by atoms with Gasteiger partial charge >= 0.3 is 0 Å². The second-order valence-electron chi connectivity index (χ2n) is 4.84. The van der Waals surface area contributed by atoms with Crippen molar-refractivity contribution in [1.29, 1.82) is 0 Å². The lowest BCUT2D eigenvalue weighted by molar-refractivity contribution is 0.549. The Morgan fingerprint density at radius 2 is 2.12 bits per heavy atom. The molecule has 1 aromatic carbocycles. The first-order chi connectivity index (χ1) is 8.26. The van der Waals surface area contributed by atoms with Crippen LogP contribution in [0.1, 0.15) is 56.8 Å². The average molecular weight is 230 g/mol. The van der Waals surface area contributed by atoms with Gasteiger partial charge in [-0.3, -0.25) is 0 Å². The second-order valence-corrected chi connectivity index (χ2v) is 4.84. The molecule has 2 heteroatoms. The molecule has 17 heavy (non-hydrogen) atoms. The van der Waals surface area contributed by atoms with Crippen LogP contribution in [0.5, 0.6) is 0 Å². The summed E-state index contributed by atoms with van der Waals surface area (Å²) in [5.41, 5.74) is 3.60. The zero-order chi connectivity index (χ0) is 12.3. The number of imidazole rings is 1. The summed E-state index contributed by atoms with van der Waals surface area (Å²) in [6.45, 7) is 6.63. The monoisotopic (exact) mass is 230 g/mol. The first-order valence-corrected chi connectivity index (χ1v) is 6.71. The molecule has 0 amide bonds. The largest absolute Gasteiger partial charge is 0.342 e. The molecule has 0 saturated heterocycles. The van der Waals surface area contributed by atoms with Crippen LogP contribution in [0.3, 0.4) is 0 Å². The maximum absolute atomic E-state index is 4.74. The van der Waals surface area contributed by atoms with E-state index >= 15 is 0 Å². The molecule has 0 spiro atoms. The third-order valence-electron chi connectivity index (χ3n) is 3.53. The Hall–Kier alpha value is -1.31. The molecule has 2 nitrogen and oxygen atoms in total. The summed E-state index contributed by atoms with van der Waals surface area (Å²) >= 11 is 0. The number of fused-ring (bicyclic) bond motifs is 1. The SMILES string of the molecule is CCCCC(CC)c1nc2cccc(C)c2[nH]1. The molecule has 2 aromatic rings. The number of aryl methyl sites for hydroxylation is 1. The number of para-hydroxylation sites is 1. The summed E-state index contributed by atoms with van der Waals surface area (Å²) in [5, 5.41) is 0. The fourth-order valence-corrected chi connectivity index (χ4v) is 2.37. The quantitative estimate of drug-likeness (QED) is 0.801. The van der Waals surface area contributed by atoms with Gasteiger partial charge in [-0.15, -0.1) is 0 Å². The molecule has 1 aromatic heterocycles. The summed E-state index contributed by atoms with van der Waals surface area (Å²) in [7, 11) is 0. The Morgan fingerprint density at radius 3 is 2.76 bits per heavy atom. The molecule has 92 valence electrons. The number of aromatic amines is 1. The summed E-state index contributed by atoms with van der Waals surface area (Å²) in [5.74, 6) is 1.76. The van der Waals surface area contributed by atoms with Crippen molar-refractivity contribution < 1.29 is 0 Å². The lowest BCUT2D eigenvalue weighted by Crippen LogP contribution is -1.99. The molecule has 1 unspecified atom stereocenters. The topological polar surface area (TPSA) is 28.7 Å². The Balaban J connectivity index is 2.31. The molecule has 0 aliphatic heterocycles. The van der Waals surface area contributed by atoms with Gasteiger partial charge in [0.1, 0.15) is 5.82 Å². The van der Waals surface area contributed by atoms with Crippen LogP contribution in [0.4, 0.5) is 0 Å². The van der Waals surface area contributed by atoms with Crippen molar-refractivity contribution in [1.82, 2.24) is 9.97 Å². The number of hydrogen-bond acceptors (Lipinski definition) is 1. The number of unbranched alkanes of at least 4 members (excludes halogenated alkanes) is 1. The van der Waals surface area contributed by atoms with Gasteiger partial charge in [0.25, 0.3) is 0 Å². The number of aromatic nitrogens is 2. The van der Waals surface area contributed by atoms with Crippen molar-refractivity contribution in [2.45, 2.75) is 52.4 Å². The van der Waals surface area contributed by atoms with Crippen molar-refractivity contribution >= 4 is 11.0 Å². The maximum atomic E-state index is 4.74. The Bertz CT molecular complexity index is 485. The third kappa shape index (κ3) is 2.51. The first-order valence-electron chi connectivity index (χ1n) is 6.71. The van der Waals surface area contributed by atoms with E-state index in [-0.39, 0.29) is 0 Å². The number of nitrogens with one attached hydrogen (secondary N) is 1. The van der Waals surface area contributed by atoms with Gasteiger partial charge in [-0.1, -0.05) is 38.8 Å². The summed E-state index contributed by atoms with van der Waals surface area (Å²) < 4.78 is 0. The highest BCUT2D eigenvalue weighted by Gasteiger charge is 2.13. The van der Waals surface area contributed by atoms with E-state index in [4.69, 9.17) is 4.98 Å². The van der Waals surface area contributed by atoms with E-state index in [9.17, 15) is 0 Å². The highest BCUT2D eigenvalue weighted by Crippen LogP contribution is 2.26. The van der Waals surface area contributed by atoms with Crippen molar-refractivity contribution in [3.63, 3.8) is 0 Å². The van der Waals surface area contributed by atoms with Crippen molar-refractivity contribution in [2.75, 3.05) is 0 Å². The smallest absolute Gasteiger partial charge is 0.110 e. The molecule has 1 heterocycles. The minimum atomic E-state index is 0.585. The number of nitrogens with zero attached hydrogens (tertiary/aromatic N) is 1. The predicted molar refractivity (Wildman–Crippen MR) is 73.4 cm³/mol. The molecule has 2 rings (SSSR count). The van der Waals surface area contributed by atoms with E-state index in [1.165, 1.54) is 42.6 Å². The lowest BCUT2D eigenvalue weighted by atomic mass is 9.99. The molecule has 0 radical (unpaired) electrons. The van der Waals surface area contributed by atoms with E-state index in [2.05, 4.69) is 44.0 Å². The molecule has 0 saturated carbocycles. The van der Waals surface area contributed by atoms with Crippen LogP contribution in [0.15, 0.2) is 18.2 Å². The maximum Gasteiger partial charge on any atom is 0.110 e. The van der Waals surface area contributed by atoms with Gasteiger partial charge in [0.2, 0.25) is 0 Å². The Labute approximate surface area is 103 Å². The minimum Gasteiger partial charge on any atom is -0.342 e. The second kappa shape index (κ2) is 5.35. The van der Waals surface area contributed by atoms with E-state index in [1.54, 1.807) is 0 Å². The average Bonchev–Trinajstić information content (AvgIpc) is 2.75. The minimum absolute atomic E-state index is 0.585. The van der Waals surface area contributed by atoms with Gasteiger partial charge in [-0.05, 0) is 31.4 Å². The zero-order valence-corrected chi connectivity index (χ0v) is 11.1. The number of hydrogen-bond donors (Lipinski definition) is 1. The van der Waals surface area contributed by atoms with E-state index in [1.807, 2.05) is 0 Å². The normalized spacial score (nSPS) is 13.1. The fourth-order valence-electron chi connectivity index (χ4n) is 2.37. The fraction of sp³-hybridized carbons (Fsp3) is 0.533. The standard InChI is InChI=1S/C15H22N2/c1-4-6-9-12(5-2)15-16-13-10-7-8-11(3)14(13)17-15/h7-8,10,12H,4-6,9H2,1-3H3,(H,16,17). The molecule has 0 aliphatic carbocycles. The van der Waals surface area contributed by atoms with Gasteiger partial charge in [0.05, 0.1) is 11.0 Å². The highest BCUT2D eigenvalue weighted by atomic mass is 14.9. The molecule has 1 atom stereocenters. The van der Waals surface area contributed by atoms with Crippen LogP contribution >= 0.6 is 0 Å². The Kier molecular flexibility index (Phi) is 3.82. The molecule has 0 bridgehead atoms. The van der Waals surface area contributed by atoms with Crippen LogP contribution in [0, 0.1) is 6.92 Å². The van der Waals surface area contributed by atoms with E-state index in [0.717, 1.165) is 5.52 Å². The molecule has 0 fully saturated rings. The van der Waals surface area contributed by atoms with Crippen LogP contribution < -0.4 is 0 Å². The summed E-state index contributed by atoms with van der Waals surface area (Å²) in [4.78, 5) is 8.25. The van der Waals surface area contributed by atoms with Crippen LogP contribution in [-0.2, 0) is 0 Å². The molecule has 1 N–H and O–H groups in total. The van der Waals surface area contributed by atoms with Crippen molar-refractivity contribution in [2.24, 2.45) is 0 Å². The number of H-pyrrole nitrogens is 1. The lowest BCUT2D eigenvalue weighted by Gasteiger charge is -2.10. The van der Waals surface area contributed by atoms with Crippen molar-refractivity contribution in [3.8, 4) is 0 Å². The van der Waals surface area contributed by atoms with Crippen LogP contribution in [-0.4, -0.2) is 9.97 Å². The molecule has 0 aliphatic rings. The summed E-state index contributed by atoms with van der Waals surface area (Å²) in [6.07, 6.45) is 4.95. The number of benzene rings is 1.